The first-order valence-corrected chi connectivity index (χ1v) is 4.98. The number of aliphatic carboxylic acids is 1. The van der Waals surface area contributed by atoms with Crippen molar-refractivity contribution in [2.75, 3.05) is 13.1 Å². The minimum atomic E-state index is -0.833. The fraction of sp³-hybridized carbons (Fsp3) is 0.900. The first-order chi connectivity index (χ1) is 6.07. The summed E-state index contributed by atoms with van der Waals surface area (Å²) in [4.78, 5) is 9.00. The molecule has 1 aliphatic rings. The maximum absolute atomic E-state index is 9.00. The van der Waals surface area contributed by atoms with Gasteiger partial charge in [-0.3, -0.25) is 4.79 Å². The SMILES string of the molecule is CC(=O)O.CCC(C)C1CCNC1. The van der Waals surface area contributed by atoms with E-state index in [-0.39, 0.29) is 0 Å². The van der Waals surface area contributed by atoms with Crippen LogP contribution in [0.3, 0.4) is 0 Å². The topological polar surface area (TPSA) is 49.3 Å². The predicted molar refractivity (Wildman–Crippen MR) is 53.7 cm³/mol. The second kappa shape index (κ2) is 6.89. The van der Waals surface area contributed by atoms with Gasteiger partial charge < -0.3 is 10.4 Å². The first kappa shape index (κ1) is 12.4. The van der Waals surface area contributed by atoms with Crippen molar-refractivity contribution in [3.63, 3.8) is 0 Å². The second-order valence-electron chi connectivity index (χ2n) is 3.66. The molecule has 1 saturated heterocycles. The predicted octanol–water partition coefficient (Wildman–Crippen LogP) is 1.73. The summed E-state index contributed by atoms with van der Waals surface area (Å²) in [5, 5.41) is 10.8. The molecule has 78 valence electrons. The highest BCUT2D eigenvalue weighted by Gasteiger charge is 2.18. The molecule has 3 nitrogen and oxygen atoms in total. The number of carboxylic acid groups (broad SMARTS) is 1. The number of hydrogen-bond donors (Lipinski definition) is 2. The van der Waals surface area contributed by atoms with Gasteiger partial charge in [-0.05, 0) is 31.3 Å². The molecule has 1 rings (SSSR count). The van der Waals surface area contributed by atoms with Crippen molar-refractivity contribution in [2.45, 2.75) is 33.6 Å². The van der Waals surface area contributed by atoms with E-state index >= 15 is 0 Å². The van der Waals surface area contributed by atoms with Crippen LogP contribution >= 0.6 is 0 Å². The van der Waals surface area contributed by atoms with Crippen LogP contribution < -0.4 is 5.32 Å². The molecule has 0 aromatic rings. The van der Waals surface area contributed by atoms with Gasteiger partial charge in [-0.15, -0.1) is 0 Å². The van der Waals surface area contributed by atoms with Crippen LogP contribution in [0.1, 0.15) is 33.6 Å². The molecule has 0 radical (unpaired) electrons. The summed E-state index contributed by atoms with van der Waals surface area (Å²) in [5.74, 6) is 1.06. The van der Waals surface area contributed by atoms with Crippen LogP contribution in [-0.4, -0.2) is 24.2 Å². The number of carbonyl (C=O) groups is 1. The van der Waals surface area contributed by atoms with E-state index in [2.05, 4.69) is 19.2 Å². The lowest BCUT2D eigenvalue weighted by Gasteiger charge is -2.14. The highest BCUT2D eigenvalue weighted by Crippen LogP contribution is 2.20. The zero-order valence-corrected chi connectivity index (χ0v) is 8.84. The summed E-state index contributed by atoms with van der Waals surface area (Å²) in [7, 11) is 0. The molecule has 0 amide bonds. The highest BCUT2D eigenvalue weighted by molar-refractivity contribution is 5.62. The molecular weight excluding hydrogens is 166 g/mol. The Bertz CT molecular complexity index is 138. The molecule has 1 fully saturated rings. The van der Waals surface area contributed by atoms with E-state index in [1.807, 2.05) is 0 Å². The normalized spacial score (nSPS) is 23.2. The average Bonchev–Trinajstić information content (AvgIpc) is 2.54. The maximum atomic E-state index is 9.00. The third-order valence-electron chi connectivity index (χ3n) is 2.55. The monoisotopic (exact) mass is 187 g/mol. The summed E-state index contributed by atoms with van der Waals surface area (Å²) in [6.07, 6.45) is 2.74. The van der Waals surface area contributed by atoms with Crippen molar-refractivity contribution in [1.29, 1.82) is 0 Å². The van der Waals surface area contributed by atoms with Crippen molar-refractivity contribution < 1.29 is 9.90 Å². The van der Waals surface area contributed by atoms with Gasteiger partial charge in [0.15, 0.2) is 0 Å². The minimum absolute atomic E-state index is 0.833. The van der Waals surface area contributed by atoms with Crippen molar-refractivity contribution in [2.24, 2.45) is 11.8 Å². The zero-order valence-electron chi connectivity index (χ0n) is 8.84. The van der Waals surface area contributed by atoms with Gasteiger partial charge in [0.05, 0.1) is 0 Å². The molecule has 0 aromatic heterocycles. The van der Waals surface area contributed by atoms with Crippen LogP contribution in [0.15, 0.2) is 0 Å². The summed E-state index contributed by atoms with van der Waals surface area (Å²) in [6, 6.07) is 0. The molecule has 0 spiro atoms. The lowest BCUT2D eigenvalue weighted by molar-refractivity contribution is -0.134. The molecule has 2 atom stereocenters. The first-order valence-electron chi connectivity index (χ1n) is 4.98. The van der Waals surface area contributed by atoms with E-state index in [4.69, 9.17) is 9.90 Å². The van der Waals surface area contributed by atoms with Crippen molar-refractivity contribution >= 4 is 5.97 Å². The lowest BCUT2D eigenvalue weighted by atomic mass is 9.91. The Kier molecular flexibility index (Phi) is 6.59. The Hall–Kier alpha value is -0.570. The maximum Gasteiger partial charge on any atom is 0.300 e. The zero-order chi connectivity index (χ0) is 10.3. The fourth-order valence-electron chi connectivity index (χ4n) is 1.50. The van der Waals surface area contributed by atoms with Crippen molar-refractivity contribution in [3.8, 4) is 0 Å². The minimum Gasteiger partial charge on any atom is -0.481 e. The molecule has 2 unspecified atom stereocenters. The third-order valence-corrected chi connectivity index (χ3v) is 2.55. The Morgan fingerprint density at radius 1 is 1.69 bits per heavy atom. The van der Waals surface area contributed by atoms with Crippen LogP contribution in [0.2, 0.25) is 0 Å². The standard InChI is InChI=1S/C8H17N.C2H4O2/c1-3-7(2)8-4-5-9-6-8;1-2(3)4/h7-9H,3-6H2,1-2H3;1H3,(H,3,4). The average molecular weight is 187 g/mol. The van der Waals surface area contributed by atoms with Crippen LogP contribution in [0.25, 0.3) is 0 Å². The number of nitrogens with one attached hydrogen (secondary N) is 1. The molecule has 0 saturated carbocycles. The van der Waals surface area contributed by atoms with E-state index in [0.29, 0.717) is 0 Å². The van der Waals surface area contributed by atoms with Crippen molar-refractivity contribution in [3.05, 3.63) is 0 Å². The van der Waals surface area contributed by atoms with Gasteiger partial charge in [0, 0.05) is 6.92 Å². The Morgan fingerprint density at radius 2 is 2.23 bits per heavy atom. The van der Waals surface area contributed by atoms with Crippen LogP contribution in [0, 0.1) is 11.8 Å². The van der Waals surface area contributed by atoms with E-state index in [9.17, 15) is 0 Å². The molecule has 0 aliphatic carbocycles. The molecule has 2 N–H and O–H groups in total. The summed E-state index contributed by atoms with van der Waals surface area (Å²) < 4.78 is 0. The van der Waals surface area contributed by atoms with E-state index in [0.717, 1.165) is 18.8 Å². The Morgan fingerprint density at radius 3 is 2.54 bits per heavy atom. The molecule has 1 heterocycles. The summed E-state index contributed by atoms with van der Waals surface area (Å²) in [6.45, 7) is 8.23. The van der Waals surface area contributed by atoms with Gasteiger partial charge in [-0.1, -0.05) is 20.3 Å². The smallest absolute Gasteiger partial charge is 0.300 e. The second-order valence-corrected chi connectivity index (χ2v) is 3.66. The van der Waals surface area contributed by atoms with Gasteiger partial charge in [0.25, 0.3) is 5.97 Å². The van der Waals surface area contributed by atoms with Crippen molar-refractivity contribution in [1.82, 2.24) is 5.32 Å². The molecule has 0 aromatic carbocycles. The molecule has 13 heavy (non-hydrogen) atoms. The van der Waals surface area contributed by atoms with Gasteiger partial charge >= 0.3 is 0 Å². The van der Waals surface area contributed by atoms with Crippen LogP contribution in [0.5, 0.6) is 0 Å². The van der Waals surface area contributed by atoms with Crippen LogP contribution in [-0.2, 0) is 4.79 Å². The van der Waals surface area contributed by atoms with E-state index < -0.39 is 5.97 Å². The lowest BCUT2D eigenvalue weighted by Crippen LogP contribution is -2.14. The fourth-order valence-corrected chi connectivity index (χ4v) is 1.50. The number of rotatable bonds is 2. The van der Waals surface area contributed by atoms with Crippen LogP contribution in [0.4, 0.5) is 0 Å². The van der Waals surface area contributed by atoms with E-state index in [1.165, 1.54) is 25.9 Å². The highest BCUT2D eigenvalue weighted by atomic mass is 16.4. The van der Waals surface area contributed by atoms with Gasteiger partial charge in [-0.2, -0.15) is 0 Å². The molecule has 0 bridgehead atoms. The quantitative estimate of drug-likeness (QED) is 0.692. The van der Waals surface area contributed by atoms with Gasteiger partial charge in [-0.25, -0.2) is 0 Å². The Labute approximate surface area is 80.5 Å². The Balaban J connectivity index is 0.000000310. The molecule has 3 heteroatoms. The molecule has 1 aliphatic heterocycles. The third kappa shape index (κ3) is 6.58. The summed E-state index contributed by atoms with van der Waals surface area (Å²) in [5.41, 5.74) is 0. The number of carboxylic acids is 1. The molecular formula is C10H21NO2. The summed E-state index contributed by atoms with van der Waals surface area (Å²) >= 11 is 0. The number of hydrogen-bond acceptors (Lipinski definition) is 2. The van der Waals surface area contributed by atoms with Gasteiger partial charge in [0.2, 0.25) is 0 Å². The van der Waals surface area contributed by atoms with E-state index in [1.54, 1.807) is 0 Å². The largest absolute Gasteiger partial charge is 0.481 e. The van der Waals surface area contributed by atoms with Gasteiger partial charge in [0.1, 0.15) is 0 Å².